The van der Waals surface area contributed by atoms with Gasteiger partial charge in [0.15, 0.2) is 27.8 Å². The van der Waals surface area contributed by atoms with Crippen molar-refractivity contribution in [2.75, 3.05) is 25.3 Å². The molecule has 2 aromatic carbocycles. The number of para-hydroxylation sites is 1. The second kappa shape index (κ2) is 11.0. The van der Waals surface area contributed by atoms with E-state index in [0.717, 1.165) is 17.3 Å². The van der Waals surface area contributed by atoms with Gasteiger partial charge in [0.05, 0.1) is 25.7 Å². The fourth-order valence-electron chi connectivity index (χ4n) is 3.39. The average molecular weight is 496 g/mol. The lowest BCUT2D eigenvalue weighted by Crippen LogP contribution is -2.26. The van der Waals surface area contributed by atoms with E-state index in [2.05, 4.69) is 20.3 Å². The molecule has 180 valence electrons. The molecule has 0 aliphatic rings. The van der Waals surface area contributed by atoms with E-state index in [1.165, 1.54) is 35.2 Å². The molecule has 0 atom stereocenters. The minimum absolute atomic E-state index is 0.0805. The molecule has 0 bridgehead atoms. The highest BCUT2D eigenvalue weighted by atomic mass is 32.2. The maximum atomic E-state index is 13.9. The summed E-state index contributed by atoms with van der Waals surface area (Å²) >= 11 is 1.06. The first-order chi connectivity index (χ1) is 17.0. The Morgan fingerprint density at radius 3 is 2.63 bits per heavy atom. The van der Waals surface area contributed by atoms with Crippen LogP contribution in [0.15, 0.2) is 64.8 Å². The lowest BCUT2D eigenvalue weighted by molar-refractivity contribution is -0.113. The molecule has 1 N–H and O–H groups in total. The van der Waals surface area contributed by atoms with Gasteiger partial charge in [-0.25, -0.2) is 19.3 Å². The molecule has 1 amide bonds. The maximum Gasteiger partial charge on any atom is 0.282 e. The molecule has 0 aliphatic carbocycles. The molecular weight excluding hydrogens is 473 g/mol. The number of amides is 1. The molecule has 9 nitrogen and oxygen atoms in total. The second-order valence-electron chi connectivity index (χ2n) is 7.34. The van der Waals surface area contributed by atoms with Gasteiger partial charge >= 0.3 is 0 Å². The van der Waals surface area contributed by atoms with E-state index in [4.69, 9.17) is 9.47 Å². The number of aromatic nitrogens is 4. The lowest BCUT2D eigenvalue weighted by atomic mass is 10.1. The van der Waals surface area contributed by atoms with Gasteiger partial charge in [0.2, 0.25) is 5.91 Å². The molecular formula is C24H22FN5O4S. The van der Waals surface area contributed by atoms with E-state index in [1.807, 2.05) is 12.1 Å². The molecule has 0 radical (unpaired) electrons. The van der Waals surface area contributed by atoms with E-state index in [9.17, 15) is 14.0 Å². The normalized spacial score (nSPS) is 10.8. The van der Waals surface area contributed by atoms with Gasteiger partial charge in [-0.1, -0.05) is 30.0 Å². The summed E-state index contributed by atoms with van der Waals surface area (Å²) in [4.78, 5) is 38.3. The Hall–Kier alpha value is -3.99. The standard InChI is InChI=1S/C24H22FN5O4S/c1-33-18-8-7-15(13-19(18)34-2)9-12-30-23(32)21-22(27-11-10-26-21)29-24(30)35-14-20(31)28-17-6-4-3-5-16(17)25/h3-8,10-11,13H,9,12,14H2,1-2H3,(H,28,31). The van der Waals surface area contributed by atoms with Crippen LogP contribution in [0.25, 0.3) is 11.2 Å². The summed E-state index contributed by atoms with van der Waals surface area (Å²) in [6.07, 6.45) is 3.36. The highest BCUT2D eigenvalue weighted by molar-refractivity contribution is 7.99. The van der Waals surface area contributed by atoms with Crippen molar-refractivity contribution < 1.29 is 18.7 Å². The summed E-state index contributed by atoms with van der Waals surface area (Å²) in [5.41, 5.74) is 0.973. The number of nitrogens with one attached hydrogen (secondary N) is 1. The highest BCUT2D eigenvalue weighted by Crippen LogP contribution is 2.28. The number of aryl methyl sites for hydroxylation is 1. The topological polar surface area (TPSA) is 108 Å². The third kappa shape index (κ3) is 5.57. The zero-order valence-electron chi connectivity index (χ0n) is 19.0. The number of thioether (sulfide) groups is 1. The van der Waals surface area contributed by atoms with Crippen LogP contribution in [0, 0.1) is 5.82 Å². The molecule has 0 saturated heterocycles. The van der Waals surface area contributed by atoms with E-state index >= 15 is 0 Å². The first-order valence-corrected chi connectivity index (χ1v) is 11.6. The molecule has 0 unspecified atom stereocenters. The Kier molecular flexibility index (Phi) is 7.56. The number of hydrogen-bond acceptors (Lipinski definition) is 8. The van der Waals surface area contributed by atoms with Gasteiger partial charge in [0.1, 0.15) is 5.82 Å². The van der Waals surface area contributed by atoms with Crippen LogP contribution in [0.3, 0.4) is 0 Å². The summed E-state index contributed by atoms with van der Waals surface area (Å²) in [5, 5.41) is 2.84. The summed E-state index contributed by atoms with van der Waals surface area (Å²) in [6.45, 7) is 0.283. The quantitative estimate of drug-likeness (QED) is 0.278. The predicted molar refractivity (Wildman–Crippen MR) is 131 cm³/mol. The van der Waals surface area contributed by atoms with Crippen LogP contribution in [0.1, 0.15) is 5.56 Å². The van der Waals surface area contributed by atoms with Gasteiger partial charge in [-0.2, -0.15) is 0 Å². The molecule has 0 fully saturated rings. The van der Waals surface area contributed by atoms with Crippen molar-refractivity contribution in [3.8, 4) is 11.5 Å². The van der Waals surface area contributed by atoms with Crippen molar-refractivity contribution in [2.24, 2.45) is 0 Å². The van der Waals surface area contributed by atoms with Crippen molar-refractivity contribution in [3.63, 3.8) is 0 Å². The van der Waals surface area contributed by atoms with Crippen molar-refractivity contribution in [1.82, 2.24) is 19.5 Å². The largest absolute Gasteiger partial charge is 0.493 e. The molecule has 35 heavy (non-hydrogen) atoms. The number of ether oxygens (including phenoxy) is 2. The van der Waals surface area contributed by atoms with Crippen molar-refractivity contribution in [3.05, 3.63) is 76.6 Å². The second-order valence-corrected chi connectivity index (χ2v) is 8.28. The van der Waals surface area contributed by atoms with Gasteiger partial charge in [-0.15, -0.1) is 0 Å². The van der Waals surface area contributed by atoms with Crippen LogP contribution < -0.4 is 20.3 Å². The van der Waals surface area contributed by atoms with Crippen LogP contribution in [-0.2, 0) is 17.8 Å². The Labute approximate surface area is 204 Å². The number of carbonyl (C=O) groups excluding carboxylic acids is 1. The fourth-order valence-corrected chi connectivity index (χ4v) is 4.21. The third-order valence-electron chi connectivity index (χ3n) is 5.11. The maximum absolute atomic E-state index is 13.9. The van der Waals surface area contributed by atoms with Gasteiger partial charge in [-0.05, 0) is 36.2 Å². The Bertz CT molecular complexity index is 1430. The zero-order valence-corrected chi connectivity index (χ0v) is 19.8. The lowest BCUT2D eigenvalue weighted by Gasteiger charge is -2.14. The number of hydrogen-bond donors (Lipinski definition) is 1. The number of carbonyl (C=O) groups is 1. The summed E-state index contributed by atoms with van der Waals surface area (Å²) < 4.78 is 26.0. The van der Waals surface area contributed by atoms with E-state index in [-0.39, 0.29) is 34.7 Å². The third-order valence-corrected chi connectivity index (χ3v) is 6.09. The number of halogens is 1. The minimum Gasteiger partial charge on any atom is -0.493 e. The number of methoxy groups -OCH3 is 2. The molecule has 0 spiro atoms. The summed E-state index contributed by atoms with van der Waals surface area (Å²) in [5.74, 6) is 0.146. The van der Waals surface area contributed by atoms with Gasteiger partial charge in [0.25, 0.3) is 5.56 Å². The van der Waals surface area contributed by atoms with Gasteiger partial charge in [-0.3, -0.25) is 14.2 Å². The number of rotatable bonds is 9. The molecule has 2 heterocycles. The highest BCUT2D eigenvalue weighted by Gasteiger charge is 2.16. The van der Waals surface area contributed by atoms with Crippen LogP contribution in [0.2, 0.25) is 0 Å². The number of fused-ring (bicyclic) bond motifs is 1. The van der Waals surface area contributed by atoms with Crippen molar-refractivity contribution in [2.45, 2.75) is 18.1 Å². The Morgan fingerprint density at radius 2 is 1.86 bits per heavy atom. The average Bonchev–Trinajstić information content (AvgIpc) is 2.88. The Balaban J connectivity index is 1.57. The number of anilines is 1. The first-order valence-electron chi connectivity index (χ1n) is 10.6. The van der Waals surface area contributed by atoms with Crippen LogP contribution in [0.5, 0.6) is 11.5 Å². The number of benzene rings is 2. The van der Waals surface area contributed by atoms with Crippen molar-refractivity contribution in [1.29, 1.82) is 0 Å². The molecule has 4 aromatic rings. The fraction of sp³-hybridized carbons (Fsp3) is 0.208. The zero-order chi connectivity index (χ0) is 24.8. The summed E-state index contributed by atoms with van der Waals surface area (Å²) in [6, 6.07) is 11.4. The molecule has 0 aliphatic heterocycles. The number of nitrogens with zero attached hydrogens (tertiary/aromatic N) is 4. The van der Waals surface area contributed by atoms with E-state index in [1.54, 1.807) is 26.4 Å². The summed E-state index contributed by atoms with van der Waals surface area (Å²) in [7, 11) is 3.11. The first kappa shape index (κ1) is 24.1. The van der Waals surface area contributed by atoms with Crippen LogP contribution in [0.4, 0.5) is 10.1 Å². The SMILES string of the molecule is COc1ccc(CCn2c(SCC(=O)Nc3ccccc3F)nc3nccnc3c2=O)cc1OC. The van der Waals surface area contributed by atoms with Crippen LogP contribution in [-0.4, -0.2) is 45.4 Å². The van der Waals surface area contributed by atoms with Gasteiger partial charge < -0.3 is 14.8 Å². The van der Waals surface area contributed by atoms with Crippen LogP contribution >= 0.6 is 11.8 Å². The minimum atomic E-state index is -0.531. The predicted octanol–water partition coefficient (Wildman–Crippen LogP) is 3.32. The van der Waals surface area contributed by atoms with Gasteiger partial charge in [0, 0.05) is 18.9 Å². The van der Waals surface area contributed by atoms with Crippen molar-refractivity contribution >= 4 is 34.5 Å². The smallest absolute Gasteiger partial charge is 0.282 e. The molecule has 4 rings (SSSR count). The molecule has 0 saturated carbocycles. The monoisotopic (exact) mass is 495 g/mol. The molecule has 11 heteroatoms. The van der Waals surface area contributed by atoms with E-state index in [0.29, 0.717) is 23.1 Å². The molecule has 2 aromatic heterocycles. The Morgan fingerprint density at radius 1 is 1.09 bits per heavy atom. The van der Waals surface area contributed by atoms with E-state index < -0.39 is 11.7 Å².